The van der Waals surface area contributed by atoms with Crippen LogP contribution in [0.4, 0.5) is 34.1 Å². The van der Waals surface area contributed by atoms with Gasteiger partial charge in [-0.15, -0.1) is 0 Å². The molecule has 436 valence electrons. The minimum atomic E-state index is -0.970. The molecule has 2 unspecified atom stereocenters. The van der Waals surface area contributed by atoms with Gasteiger partial charge in [0.2, 0.25) is 0 Å². The van der Waals surface area contributed by atoms with E-state index in [0.717, 1.165) is 171 Å². The van der Waals surface area contributed by atoms with Gasteiger partial charge in [0, 0.05) is 22.3 Å². The minimum absolute atomic E-state index is 0.0976. The van der Waals surface area contributed by atoms with Crippen molar-refractivity contribution in [1.82, 2.24) is 0 Å². The summed E-state index contributed by atoms with van der Waals surface area (Å²) in [6.45, 7) is 0. The summed E-state index contributed by atoms with van der Waals surface area (Å²) >= 11 is 0. The first-order valence-electron chi connectivity index (χ1n) is 32.2. The molecule has 0 amide bonds. The maximum Gasteiger partial charge on any atom is 0.132 e. The van der Waals surface area contributed by atoms with Crippen LogP contribution in [0.25, 0.3) is 44.5 Å². The molecule has 2 spiro atoms. The number of benzene rings is 13. The molecule has 13 aromatic carbocycles. The second kappa shape index (κ2) is 20.3. The molecule has 1 fully saturated rings. The van der Waals surface area contributed by atoms with Crippen molar-refractivity contribution in [3.8, 4) is 79.6 Å². The van der Waals surface area contributed by atoms with Crippen molar-refractivity contribution in [3.63, 3.8) is 0 Å². The van der Waals surface area contributed by atoms with E-state index in [1.807, 2.05) is 0 Å². The summed E-state index contributed by atoms with van der Waals surface area (Å²) in [5, 5.41) is 25.5. The summed E-state index contributed by atoms with van der Waals surface area (Å²) in [4.78, 5) is 4.78. The Hall–Kier alpha value is -12.0. The number of anilines is 6. The number of ether oxygens (including phenoxy) is 2. The summed E-state index contributed by atoms with van der Waals surface area (Å²) in [5.74, 6) is 3.31. The van der Waals surface area contributed by atoms with Crippen molar-refractivity contribution >= 4 is 34.1 Å². The van der Waals surface area contributed by atoms with E-state index in [0.29, 0.717) is 16.8 Å². The fourth-order valence-corrected chi connectivity index (χ4v) is 17.3. The van der Waals surface area contributed by atoms with E-state index in [-0.39, 0.29) is 11.8 Å². The summed E-state index contributed by atoms with van der Waals surface area (Å²) in [6, 6.07) is 110. The van der Waals surface area contributed by atoms with E-state index >= 15 is 0 Å². The van der Waals surface area contributed by atoms with Gasteiger partial charge in [0.25, 0.3) is 0 Å². The summed E-state index contributed by atoms with van der Waals surface area (Å²) in [7, 11) is 0. The number of para-hydroxylation sites is 4. The van der Waals surface area contributed by atoms with Crippen LogP contribution in [-0.2, 0) is 10.8 Å². The Kier molecular flexibility index (Phi) is 11.5. The lowest BCUT2D eigenvalue weighted by atomic mass is 9.60. The number of nitriles is 2. The van der Waals surface area contributed by atoms with E-state index < -0.39 is 10.8 Å². The lowest BCUT2D eigenvalue weighted by molar-refractivity contribution is 0.434. The Bertz CT molecular complexity index is 5100. The van der Waals surface area contributed by atoms with Gasteiger partial charge >= 0.3 is 0 Å². The molecule has 0 aromatic heterocycles. The van der Waals surface area contributed by atoms with Gasteiger partial charge in [0.05, 0.1) is 50.5 Å². The zero-order valence-electron chi connectivity index (χ0n) is 50.6. The molecule has 4 aliphatic heterocycles. The molecule has 19 rings (SSSR count). The van der Waals surface area contributed by atoms with Crippen LogP contribution in [0.2, 0.25) is 0 Å². The molecule has 2 aliphatic carbocycles. The Balaban J connectivity index is 0.968. The average Bonchev–Trinajstić information content (AvgIpc) is 1.27. The first kappa shape index (κ1) is 52.9. The lowest BCUT2D eigenvalue weighted by Gasteiger charge is -2.50. The molecular weight excluding hydrogens is 1130 g/mol. The SMILES string of the molecule is N#Cc1c2c(c(N3c4ccc(-c5ccccc5)cc4C4(c5ccccc5Oc5ccccc54)c4cc(-c5ccccc5)ccc43)c(C#N)c1N1c3ccc(-c4ccccc4)cc3C3(c4ccccc4Oc4ccccc43)c3cc(-c4ccccc4)ccc31)C1CCC2C1. The largest absolute Gasteiger partial charge is 0.457 e. The molecule has 4 heterocycles. The van der Waals surface area contributed by atoms with Crippen LogP contribution < -0.4 is 19.3 Å². The van der Waals surface area contributed by atoms with Crippen LogP contribution in [0.1, 0.15) is 97.9 Å². The van der Waals surface area contributed by atoms with Crippen molar-refractivity contribution in [2.75, 3.05) is 9.80 Å². The Morgan fingerprint density at radius 3 is 0.903 bits per heavy atom. The fraction of sp³-hybridized carbons (Fsp3) is 0.0805. The van der Waals surface area contributed by atoms with Gasteiger partial charge in [-0.2, -0.15) is 10.5 Å². The predicted octanol–water partition coefficient (Wildman–Crippen LogP) is 22.0. The van der Waals surface area contributed by atoms with E-state index in [9.17, 15) is 10.5 Å². The van der Waals surface area contributed by atoms with E-state index in [1.54, 1.807) is 0 Å². The molecular formula is C87H56N4O2. The number of fused-ring (bicyclic) bond motifs is 21. The Labute approximate surface area is 540 Å². The van der Waals surface area contributed by atoms with E-state index in [1.165, 1.54) is 0 Å². The van der Waals surface area contributed by atoms with Crippen molar-refractivity contribution in [2.24, 2.45) is 0 Å². The molecule has 2 bridgehead atoms. The highest BCUT2D eigenvalue weighted by molar-refractivity contribution is 6.03. The third-order valence-corrected chi connectivity index (χ3v) is 21.0. The Morgan fingerprint density at radius 1 is 0.290 bits per heavy atom. The summed E-state index contributed by atoms with van der Waals surface area (Å²) in [6.07, 6.45) is 2.80. The Morgan fingerprint density at radius 2 is 0.581 bits per heavy atom. The van der Waals surface area contributed by atoms with Crippen LogP contribution in [-0.4, -0.2) is 0 Å². The smallest absolute Gasteiger partial charge is 0.132 e. The van der Waals surface area contributed by atoms with Crippen LogP contribution in [0.5, 0.6) is 23.0 Å². The molecule has 6 aliphatic rings. The summed E-state index contributed by atoms with van der Waals surface area (Å²) < 4.78 is 14.0. The maximum absolute atomic E-state index is 13.0. The molecule has 0 saturated heterocycles. The molecule has 2 atom stereocenters. The molecule has 1 saturated carbocycles. The second-order valence-electron chi connectivity index (χ2n) is 25.5. The lowest BCUT2D eigenvalue weighted by Crippen LogP contribution is -2.41. The predicted molar refractivity (Wildman–Crippen MR) is 370 cm³/mol. The van der Waals surface area contributed by atoms with Crippen LogP contribution in [0, 0.1) is 22.7 Å². The minimum Gasteiger partial charge on any atom is -0.457 e. The van der Waals surface area contributed by atoms with E-state index in [2.05, 4.69) is 313 Å². The van der Waals surface area contributed by atoms with Gasteiger partial charge in [-0.05, 0) is 182 Å². The first-order valence-corrected chi connectivity index (χ1v) is 32.2. The number of hydrogen-bond donors (Lipinski definition) is 0. The van der Waals surface area contributed by atoms with Crippen molar-refractivity contribution in [1.29, 1.82) is 10.5 Å². The van der Waals surface area contributed by atoms with Gasteiger partial charge in [-0.1, -0.05) is 218 Å². The van der Waals surface area contributed by atoms with Gasteiger partial charge in [0.1, 0.15) is 40.7 Å². The van der Waals surface area contributed by atoms with Crippen molar-refractivity contribution < 1.29 is 9.47 Å². The molecule has 0 N–H and O–H groups in total. The molecule has 93 heavy (non-hydrogen) atoms. The quantitative estimate of drug-likeness (QED) is 0.165. The van der Waals surface area contributed by atoms with Crippen molar-refractivity contribution in [3.05, 3.63) is 358 Å². The van der Waals surface area contributed by atoms with Crippen LogP contribution in [0.15, 0.2) is 291 Å². The molecule has 13 aromatic rings. The first-order chi connectivity index (χ1) is 46.0. The zero-order valence-corrected chi connectivity index (χ0v) is 50.6. The summed E-state index contributed by atoms with van der Waals surface area (Å²) in [5.41, 5.74) is 23.1. The third kappa shape index (κ3) is 7.38. The molecule has 6 heteroatoms. The topological polar surface area (TPSA) is 72.5 Å². The monoisotopic (exact) mass is 1190 g/mol. The normalized spacial score (nSPS) is 16.3. The van der Waals surface area contributed by atoms with Gasteiger partial charge in [-0.3, -0.25) is 0 Å². The van der Waals surface area contributed by atoms with Gasteiger partial charge in [0.15, 0.2) is 0 Å². The van der Waals surface area contributed by atoms with Crippen molar-refractivity contribution in [2.45, 2.75) is 41.9 Å². The number of rotatable bonds is 6. The van der Waals surface area contributed by atoms with Gasteiger partial charge < -0.3 is 19.3 Å². The molecule has 6 nitrogen and oxygen atoms in total. The van der Waals surface area contributed by atoms with Gasteiger partial charge in [-0.25, -0.2) is 0 Å². The number of nitrogens with zero attached hydrogens (tertiary/aromatic N) is 4. The fourth-order valence-electron chi connectivity index (χ4n) is 17.3. The van der Waals surface area contributed by atoms with Crippen LogP contribution >= 0.6 is 0 Å². The molecule has 0 radical (unpaired) electrons. The second-order valence-corrected chi connectivity index (χ2v) is 25.5. The highest BCUT2D eigenvalue weighted by Crippen LogP contribution is 2.70. The standard InChI is InChI=1S/C87H56N4O2/c88-52-64-82-62-37-38-63(47-62)83(82)85(91-76-45-41-60(56-25-9-3-10-26-56)50-72(76)87(73-51-61(42-46-77(73)91)57-27-11-4-12-28-57)68-31-15-19-35-80(68)93-81-36-20-16-32-69(81)87)65(53-89)84(64)90-74-43-39-58(54-21-5-1-6-22-54)48-70(74)86(71-49-59(40-44-75(71)90)55-23-7-2-8-24-55)66-29-13-17-33-78(66)92-79-34-18-14-30-67(79)86/h1-36,39-46,48-51,62-63H,37-38,47H2. The number of hydrogen-bond acceptors (Lipinski definition) is 6. The zero-order chi connectivity index (χ0) is 61.5. The average molecular weight is 1190 g/mol. The highest BCUT2D eigenvalue weighted by atomic mass is 16.5. The maximum atomic E-state index is 13.0. The highest BCUT2D eigenvalue weighted by Gasteiger charge is 2.56. The third-order valence-electron chi connectivity index (χ3n) is 21.0. The van der Waals surface area contributed by atoms with Crippen LogP contribution in [0.3, 0.4) is 0 Å². The van der Waals surface area contributed by atoms with E-state index in [4.69, 9.17) is 9.47 Å².